The molecular weight excluding hydrogens is 515 g/mol. The van der Waals surface area contributed by atoms with Gasteiger partial charge >= 0.3 is 5.97 Å². The standard InChI is InChI=1S/C23H20Cl2N4O7/c1-9-27-28-20-21(36-23-18(32)16(30)17(31)19(35-23)22(33)34)26-15(11-4-2-3-5-13(11)25)12-8-10(24)6-7-14(12)29(9)20/h2-8,16-19,21,23,30-32H,1H3,(H,33,34)/t16-,17-,18+,19-,21?,23-/m0/s1. The number of aliphatic hydroxyl groups is 3. The number of hydrogen-bond donors (Lipinski definition) is 4. The minimum Gasteiger partial charge on any atom is -0.479 e. The second-order valence-electron chi connectivity index (χ2n) is 8.28. The van der Waals surface area contributed by atoms with E-state index in [0.717, 1.165) is 0 Å². The molecule has 11 nitrogen and oxygen atoms in total. The number of carboxylic acid groups (broad SMARTS) is 1. The molecule has 0 radical (unpaired) electrons. The lowest BCUT2D eigenvalue weighted by Crippen LogP contribution is -2.60. The maximum Gasteiger partial charge on any atom is 0.335 e. The van der Waals surface area contributed by atoms with Crippen molar-refractivity contribution in [2.75, 3.05) is 0 Å². The molecule has 1 aromatic heterocycles. The number of halogens is 2. The highest BCUT2D eigenvalue weighted by atomic mass is 35.5. The number of aromatic nitrogens is 3. The van der Waals surface area contributed by atoms with Crippen molar-refractivity contribution in [3.05, 3.63) is 75.3 Å². The van der Waals surface area contributed by atoms with Crippen LogP contribution in [0.1, 0.15) is 29.0 Å². The fourth-order valence-electron chi connectivity index (χ4n) is 4.22. The van der Waals surface area contributed by atoms with Crippen molar-refractivity contribution in [3.63, 3.8) is 0 Å². The topological polar surface area (TPSA) is 160 Å². The molecular formula is C23H20Cl2N4O7. The Morgan fingerprint density at radius 1 is 1.03 bits per heavy atom. The number of aryl methyl sites for hydroxylation is 1. The summed E-state index contributed by atoms with van der Waals surface area (Å²) in [5, 5.41) is 49.3. The first kappa shape index (κ1) is 24.8. The van der Waals surface area contributed by atoms with Crippen molar-refractivity contribution in [3.8, 4) is 5.69 Å². The van der Waals surface area contributed by atoms with Gasteiger partial charge in [-0.25, -0.2) is 9.79 Å². The van der Waals surface area contributed by atoms with Crippen molar-refractivity contribution in [2.24, 2.45) is 4.99 Å². The highest BCUT2D eigenvalue weighted by Crippen LogP contribution is 2.36. The molecule has 0 spiro atoms. The van der Waals surface area contributed by atoms with E-state index in [1.54, 1.807) is 54.0 Å². The average molecular weight is 535 g/mol. The summed E-state index contributed by atoms with van der Waals surface area (Å²) in [7, 11) is 0. The highest BCUT2D eigenvalue weighted by molar-refractivity contribution is 6.36. The summed E-state index contributed by atoms with van der Waals surface area (Å²) in [5.74, 6) is -0.854. The molecule has 1 unspecified atom stereocenters. The Morgan fingerprint density at radius 3 is 2.50 bits per heavy atom. The summed E-state index contributed by atoms with van der Waals surface area (Å²) in [6.45, 7) is 1.72. The van der Waals surface area contributed by atoms with Crippen LogP contribution >= 0.6 is 23.2 Å². The molecule has 2 aromatic carbocycles. The summed E-state index contributed by atoms with van der Waals surface area (Å²) in [5.41, 5.74) is 2.16. The molecule has 3 aromatic rings. The number of carboxylic acids is 1. The van der Waals surface area contributed by atoms with E-state index in [2.05, 4.69) is 10.2 Å². The van der Waals surface area contributed by atoms with E-state index in [1.807, 2.05) is 0 Å². The average Bonchev–Trinajstić information content (AvgIpc) is 3.17. The second-order valence-corrected chi connectivity index (χ2v) is 9.13. The molecule has 0 saturated carbocycles. The van der Waals surface area contributed by atoms with Gasteiger partial charge < -0.3 is 29.9 Å². The molecule has 0 bridgehead atoms. The van der Waals surface area contributed by atoms with E-state index >= 15 is 0 Å². The van der Waals surface area contributed by atoms with E-state index in [4.69, 9.17) is 37.7 Å². The number of rotatable bonds is 4. The number of aliphatic imine (C=N–C) groups is 1. The lowest BCUT2D eigenvalue weighted by Gasteiger charge is -2.39. The van der Waals surface area contributed by atoms with Crippen molar-refractivity contribution in [2.45, 2.75) is 43.9 Å². The Bertz CT molecular complexity index is 1360. The van der Waals surface area contributed by atoms with Crippen LogP contribution in [-0.2, 0) is 14.3 Å². The zero-order chi connectivity index (χ0) is 25.7. The molecule has 2 aliphatic rings. The van der Waals surface area contributed by atoms with Crippen molar-refractivity contribution >= 4 is 34.9 Å². The van der Waals surface area contributed by atoms with Crippen molar-refractivity contribution < 1.29 is 34.7 Å². The Balaban J connectivity index is 1.66. The van der Waals surface area contributed by atoms with Gasteiger partial charge in [0.25, 0.3) is 0 Å². The Labute approximate surface area is 214 Å². The number of nitrogens with zero attached hydrogens (tertiary/aromatic N) is 4. The maximum atomic E-state index is 11.6. The largest absolute Gasteiger partial charge is 0.479 e. The molecule has 13 heteroatoms. The Kier molecular flexibility index (Phi) is 6.55. The molecule has 0 aliphatic carbocycles. The van der Waals surface area contributed by atoms with Gasteiger partial charge in [-0.3, -0.25) is 4.57 Å². The summed E-state index contributed by atoms with van der Waals surface area (Å²) in [6, 6.07) is 12.2. The van der Waals surface area contributed by atoms with Crippen LogP contribution in [0.5, 0.6) is 0 Å². The molecule has 1 fully saturated rings. The van der Waals surface area contributed by atoms with Gasteiger partial charge in [-0.2, -0.15) is 0 Å². The van der Waals surface area contributed by atoms with Crippen LogP contribution in [0.15, 0.2) is 47.5 Å². The van der Waals surface area contributed by atoms with Gasteiger partial charge in [0, 0.05) is 21.2 Å². The number of hydrogen-bond acceptors (Lipinski definition) is 9. The van der Waals surface area contributed by atoms with E-state index in [0.29, 0.717) is 38.4 Å². The molecule has 5 rings (SSSR count). The predicted octanol–water partition coefficient (Wildman–Crippen LogP) is 1.64. The number of ether oxygens (including phenoxy) is 2. The van der Waals surface area contributed by atoms with Gasteiger partial charge in [-0.15, -0.1) is 10.2 Å². The lowest BCUT2D eigenvalue weighted by atomic mass is 9.99. The second kappa shape index (κ2) is 9.52. The van der Waals surface area contributed by atoms with Crippen LogP contribution in [0.3, 0.4) is 0 Å². The van der Waals surface area contributed by atoms with Crippen LogP contribution in [0.4, 0.5) is 0 Å². The molecule has 36 heavy (non-hydrogen) atoms. The normalized spacial score (nSPS) is 27.6. The molecule has 6 atom stereocenters. The van der Waals surface area contributed by atoms with Crippen LogP contribution in [0.25, 0.3) is 5.69 Å². The third kappa shape index (κ3) is 4.18. The maximum absolute atomic E-state index is 11.6. The van der Waals surface area contributed by atoms with Crippen molar-refractivity contribution in [1.29, 1.82) is 0 Å². The fraction of sp³-hybridized carbons (Fsp3) is 0.304. The van der Waals surface area contributed by atoms with E-state index in [1.165, 1.54) is 0 Å². The first-order valence-corrected chi connectivity index (χ1v) is 11.6. The lowest BCUT2D eigenvalue weighted by molar-refractivity contribution is -0.305. The van der Waals surface area contributed by atoms with Crippen LogP contribution in [0, 0.1) is 6.92 Å². The summed E-state index contributed by atoms with van der Waals surface area (Å²) in [6.07, 6.45) is -10.3. The zero-order valence-corrected chi connectivity index (χ0v) is 20.1. The monoisotopic (exact) mass is 534 g/mol. The minimum atomic E-state index is -1.87. The Morgan fingerprint density at radius 2 is 1.78 bits per heavy atom. The minimum absolute atomic E-state index is 0.196. The zero-order valence-electron chi connectivity index (χ0n) is 18.6. The quantitative estimate of drug-likeness (QED) is 0.390. The van der Waals surface area contributed by atoms with E-state index in [9.17, 15) is 25.2 Å². The Hall–Kier alpha value is -2.90. The van der Waals surface area contributed by atoms with Gasteiger partial charge in [0.2, 0.25) is 6.23 Å². The predicted molar refractivity (Wildman–Crippen MR) is 126 cm³/mol. The summed E-state index contributed by atoms with van der Waals surface area (Å²) in [4.78, 5) is 16.3. The summed E-state index contributed by atoms with van der Waals surface area (Å²) >= 11 is 12.8. The molecule has 3 heterocycles. The smallest absolute Gasteiger partial charge is 0.335 e. The van der Waals surface area contributed by atoms with Crippen molar-refractivity contribution in [1.82, 2.24) is 14.8 Å². The van der Waals surface area contributed by atoms with E-state index in [-0.39, 0.29) is 5.82 Å². The molecule has 4 N–H and O–H groups in total. The summed E-state index contributed by atoms with van der Waals surface area (Å²) < 4.78 is 12.9. The van der Waals surface area contributed by atoms with Gasteiger partial charge in [-0.1, -0.05) is 41.4 Å². The number of aliphatic hydroxyl groups excluding tert-OH is 3. The van der Waals surface area contributed by atoms with Gasteiger partial charge in [0.1, 0.15) is 24.1 Å². The first-order valence-electron chi connectivity index (χ1n) is 10.8. The van der Waals surface area contributed by atoms with Gasteiger partial charge in [0.15, 0.2) is 18.2 Å². The van der Waals surface area contributed by atoms with Gasteiger partial charge in [-0.05, 0) is 31.2 Å². The molecule has 2 aliphatic heterocycles. The van der Waals surface area contributed by atoms with Crippen LogP contribution < -0.4 is 0 Å². The third-order valence-electron chi connectivity index (χ3n) is 5.98. The SMILES string of the molecule is Cc1nnc2n1-c1ccc(Cl)cc1C(c1ccccc1Cl)=NC2O[C@@H]1O[C@H](C(=O)O)[C@@H](O)[C@H](O)[C@H]1O. The van der Waals surface area contributed by atoms with E-state index < -0.39 is 42.9 Å². The van der Waals surface area contributed by atoms with Crippen LogP contribution in [0.2, 0.25) is 10.0 Å². The fourth-order valence-corrected chi connectivity index (χ4v) is 4.62. The van der Waals surface area contributed by atoms with Gasteiger partial charge in [0.05, 0.1) is 11.4 Å². The third-order valence-corrected chi connectivity index (χ3v) is 6.54. The molecule has 188 valence electrons. The highest BCUT2D eigenvalue weighted by Gasteiger charge is 2.48. The van der Waals surface area contributed by atoms with Crippen LogP contribution in [-0.4, -0.2) is 77.6 Å². The number of aliphatic carboxylic acids is 1. The molecule has 1 saturated heterocycles. The number of benzene rings is 2. The first-order chi connectivity index (χ1) is 17.2. The number of carbonyl (C=O) groups is 1. The number of fused-ring (bicyclic) bond motifs is 3. The molecule has 0 amide bonds.